The number of nitriles is 3. The molecule has 2 saturated heterocycles. The van der Waals surface area contributed by atoms with Crippen molar-refractivity contribution in [1.82, 2.24) is 30.4 Å². The van der Waals surface area contributed by atoms with Crippen LogP contribution < -0.4 is 20.1 Å². The SMILES string of the molecule is COC[C@H]1C[C@@H](NC(=O)c2nc(-c3cc(C#N)ccc3OC3CC3)co2)CN1C#N.COC[C@H]1C[C@@H](NC(=O)c2nc(-c3cc(C#N)ccc3OC3CC3)co2)CN1C(=O)OC(C)(C)C. The Balaban J connectivity index is 0.000000196. The van der Waals surface area contributed by atoms with Gasteiger partial charge >= 0.3 is 17.9 Å². The zero-order valence-corrected chi connectivity index (χ0v) is 36.9. The molecule has 4 atom stereocenters. The standard InChI is InChI=1S/C25H30N4O6.C21H21N5O4/c1-25(2,3)35-24(31)29-12-16(10-17(29)13-32-4)27-22(30)23-28-20(14-33-23)19-9-15(11-26)5-8-21(19)34-18-6-7-18;1-28-10-15-7-14(9-26(15)12-23)24-20(27)21-25-18(11-29-21)17-6-13(8-22)2-5-19(17)30-16-3-4-16/h5,8-9,14,16-18H,6-7,10,12-13H2,1-4H3,(H,27,30);2,5-6,11,14-16H,3-4,7,9-10H2,1H3,(H,24,27)/t16-,17-;14-,15-/m11/s1. The Hall–Kier alpha value is -7.14. The second kappa shape index (κ2) is 20.1. The van der Waals surface area contributed by atoms with Crippen LogP contribution >= 0.6 is 0 Å². The third-order valence-electron chi connectivity index (χ3n) is 10.8. The number of carbonyl (C=O) groups is 3. The van der Waals surface area contributed by atoms with Crippen LogP contribution in [0.4, 0.5) is 4.79 Å². The lowest BCUT2D eigenvalue weighted by Crippen LogP contribution is -2.43. The summed E-state index contributed by atoms with van der Waals surface area (Å²) in [6.45, 7) is 6.85. The van der Waals surface area contributed by atoms with Crippen molar-refractivity contribution in [1.29, 1.82) is 15.8 Å². The number of carbonyl (C=O) groups excluding carboxylic acids is 3. The quantitative estimate of drug-likeness (QED) is 0.147. The van der Waals surface area contributed by atoms with E-state index in [0.717, 1.165) is 25.7 Å². The molecule has 19 heteroatoms. The highest BCUT2D eigenvalue weighted by Gasteiger charge is 2.39. The van der Waals surface area contributed by atoms with Crippen molar-refractivity contribution in [2.24, 2.45) is 0 Å². The fourth-order valence-corrected chi connectivity index (χ4v) is 7.44. The molecule has 2 aliphatic carbocycles. The number of benzene rings is 2. The Morgan fingerprint density at radius 3 is 1.66 bits per heavy atom. The molecule has 2 aromatic heterocycles. The van der Waals surface area contributed by atoms with Gasteiger partial charge in [0.25, 0.3) is 11.8 Å². The molecule has 19 nitrogen and oxygen atoms in total. The molecule has 65 heavy (non-hydrogen) atoms. The largest absolute Gasteiger partial charge is 0.490 e. The van der Waals surface area contributed by atoms with Crippen LogP contribution in [0.2, 0.25) is 0 Å². The fourth-order valence-electron chi connectivity index (χ4n) is 7.44. The van der Waals surface area contributed by atoms with Crippen LogP contribution in [-0.2, 0) is 14.2 Å². The molecule has 2 saturated carbocycles. The van der Waals surface area contributed by atoms with Crippen LogP contribution in [0.15, 0.2) is 57.8 Å². The van der Waals surface area contributed by atoms with E-state index in [9.17, 15) is 30.2 Å². The van der Waals surface area contributed by atoms with Crippen LogP contribution in [0.5, 0.6) is 11.5 Å². The number of likely N-dealkylation sites (tertiary alicyclic amines) is 2. The van der Waals surface area contributed by atoms with Gasteiger partial charge < -0.3 is 53.0 Å². The van der Waals surface area contributed by atoms with Gasteiger partial charge in [0.2, 0.25) is 0 Å². The maximum absolute atomic E-state index is 12.9. The summed E-state index contributed by atoms with van der Waals surface area (Å²) in [7, 11) is 3.15. The average molecular weight is 890 g/mol. The lowest BCUT2D eigenvalue weighted by molar-refractivity contribution is 0.0146. The molecule has 4 fully saturated rings. The highest BCUT2D eigenvalue weighted by Crippen LogP contribution is 2.37. The molecule has 8 rings (SSSR count). The van der Waals surface area contributed by atoms with Gasteiger partial charge in [-0.3, -0.25) is 9.59 Å². The summed E-state index contributed by atoms with van der Waals surface area (Å²) in [5.74, 6) is 0.0626. The molecule has 2 aliphatic heterocycles. The first-order valence-corrected chi connectivity index (χ1v) is 21.4. The molecule has 0 unspecified atom stereocenters. The first-order chi connectivity index (χ1) is 31.3. The van der Waals surface area contributed by atoms with Gasteiger partial charge in [-0.15, -0.1) is 0 Å². The Labute approximate surface area is 376 Å². The fraction of sp³-hybridized carbons (Fsp3) is 0.478. The molecular formula is C46H51N9O10. The number of amides is 3. The molecule has 2 N–H and O–H groups in total. The van der Waals surface area contributed by atoms with E-state index in [1.54, 1.807) is 81.2 Å². The summed E-state index contributed by atoms with van der Waals surface area (Å²) in [5.41, 5.74) is 2.33. The van der Waals surface area contributed by atoms with Crippen molar-refractivity contribution < 1.29 is 46.9 Å². The number of aromatic nitrogens is 2. The van der Waals surface area contributed by atoms with Crippen LogP contribution in [0.3, 0.4) is 0 Å². The lowest BCUT2D eigenvalue weighted by Gasteiger charge is -2.28. The van der Waals surface area contributed by atoms with Gasteiger partial charge in [-0.2, -0.15) is 15.8 Å². The third kappa shape index (κ3) is 11.9. The number of oxazole rings is 2. The Morgan fingerprint density at radius 2 is 1.22 bits per heavy atom. The van der Waals surface area contributed by atoms with Gasteiger partial charge in [0.05, 0.1) is 60.8 Å². The average Bonchev–Trinajstić information content (AvgIpc) is 4.01. The highest BCUT2D eigenvalue weighted by atomic mass is 16.6. The van der Waals surface area contributed by atoms with Gasteiger partial charge in [-0.05, 0) is 95.7 Å². The highest BCUT2D eigenvalue weighted by molar-refractivity contribution is 5.91. The van der Waals surface area contributed by atoms with E-state index in [2.05, 4.69) is 38.9 Å². The lowest BCUT2D eigenvalue weighted by atomic mass is 10.1. The van der Waals surface area contributed by atoms with Crippen LogP contribution in [0.25, 0.3) is 22.5 Å². The van der Waals surface area contributed by atoms with E-state index >= 15 is 0 Å². The van der Waals surface area contributed by atoms with Crippen molar-refractivity contribution in [3.8, 4) is 52.3 Å². The van der Waals surface area contributed by atoms with Gasteiger partial charge in [0, 0.05) is 50.5 Å². The molecule has 340 valence electrons. The van der Waals surface area contributed by atoms with E-state index in [0.29, 0.717) is 77.7 Å². The summed E-state index contributed by atoms with van der Waals surface area (Å²) < 4.78 is 38.6. The first kappa shape index (κ1) is 45.9. The van der Waals surface area contributed by atoms with Crippen molar-refractivity contribution in [3.63, 3.8) is 0 Å². The minimum atomic E-state index is -0.630. The molecule has 0 bridgehead atoms. The number of ether oxygens (including phenoxy) is 5. The smallest absolute Gasteiger partial charge is 0.410 e. The summed E-state index contributed by atoms with van der Waals surface area (Å²) in [6.07, 6.45) is 9.85. The predicted molar refractivity (Wildman–Crippen MR) is 229 cm³/mol. The van der Waals surface area contributed by atoms with E-state index < -0.39 is 23.5 Å². The second-order valence-electron chi connectivity index (χ2n) is 17.3. The molecule has 4 heterocycles. The minimum absolute atomic E-state index is 0.0683. The number of hydrogen-bond acceptors (Lipinski definition) is 16. The van der Waals surface area contributed by atoms with E-state index in [-0.39, 0.29) is 54.7 Å². The van der Waals surface area contributed by atoms with E-state index in [1.165, 1.54) is 12.5 Å². The number of methoxy groups -OCH3 is 2. The van der Waals surface area contributed by atoms with Gasteiger partial charge in [-0.25, -0.2) is 14.8 Å². The van der Waals surface area contributed by atoms with Crippen LogP contribution in [-0.4, -0.2) is 120 Å². The molecular weight excluding hydrogens is 839 g/mol. The van der Waals surface area contributed by atoms with Gasteiger partial charge in [-0.1, -0.05) is 0 Å². The van der Waals surface area contributed by atoms with Crippen molar-refractivity contribution in [2.75, 3.05) is 40.5 Å². The topological polar surface area (TPSA) is 251 Å². The summed E-state index contributed by atoms with van der Waals surface area (Å²) >= 11 is 0. The Kier molecular flexibility index (Phi) is 14.2. The zero-order valence-electron chi connectivity index (χ0n) is 36.9. The third-order valence-corrected chi connectivity index (χ3v) is 10.8. The van der Waals surface area contributed by atoms with Crippen LogP contribution in [0, 0.1) is 34.1 Å². The molecule has 2 aromatic carbocycles. The second-order valence-corrected chi connectivity index (χ2v) is 17.3. The Bertz CT molecular complexity index is 2490. The molecule has 0 spiro atoms. The minimum Gasteiger partial charge on any atom is -0.490 e. The van der Waals surface area contributed by atoms with Gasteiger partial charge in [0.15, 0.2) is 6.19 Å². The normalized spacial score (nSPS) is 20.1. The summed E-state index contributed by atoms with van der Waals surface area (Å²) in [5, 5.41) is 33.5. The first-order valence-electron chi connectivity index (χ1n) is 21.4. The molecule has 0 radical (unpaired) electrons. The van der Waals surface area contributed by atoms with Crippen LogP contribution in [0.1, 0.15) is 91.8 Å². The summed E-state index contributed by atoms with van der Waals surface area (Å²) in [6, 6.07) is 13.6. The molecule has 4 aromatic rings. The van der Waals surface area contributed by atoms with Crippen molar-refractivity contribution in [2.45, 2.75) is 101 Å². The number of rotatable bonds is 14. The van der Waals surface area contributed by atoms with Gasteiger partial charge in [0.1, 0.15) is 41.0 Å². The number of hydrogen-bond donors (Lipinski definition) is 2. The van der Waals surface area contributed by atoms with E-state index in [1.807, 2.05) is 0 Å². The monoisotopic (exact) mass is 889 g/mol. The zero-order chi connectivity index (χ0) is 46.3. The number of nitrogens with one attached hydrogen (secondary N) is 2. The van der Waals surface area contributed by atoms with Crippen molar-refractivity contribution in [3.05, 3.63) is 71.8 Å². The number of nitrogens with zero attached hydrogens (tertiary/aromatic N) is 7. The summed E-state index contributed by atoms with van der Waals surface area (Å²) in [4.78, 5) is 50.0. The maximum atomic E-state index is 12.9. The van der Waals surface area contributed by atoms with Crippen molar-refractivity contribution >= 4 is 17.9 Å². The van der Waals surface area contributed by atoms with E-state index in [4.69, 9.17) is 32.5 Å². The molecule has 3 amide bonds. The predicted octanol–water partition coefficient (Wildman–Crippen LogP) is 5.56. The molecule has 4 aliphatic rings. The maximum Gasteiger partial charge on any atom is 0.410 e. The Morgan fingerprint density at radius 1 is 0.738 bits per heavy atom.